The van der Waals surface area contributed by atoms with Crippen LogP contribution in [0.25, 0.3) is 0 Å². The molecule has 1 atom stereocenters. The maximum atomic E-state index is 10.9. The largest absolute Gasteiger partial charge is 1.00 e. The Bertz CT molecular complexity index is 410. The molecule has 0 saturated heterocycles. The van der Waals surface area contributed by atoms with Crippen molar-refractivity contribution in [2.24, 2.45) is 5.92 Å². The molecule has 0 aromatic heterocycles. The van der Waals surface area contributed by atoms with Gasteiger partial charge < -0.3 is 15.0 Å². The van der Waals surface area contributed by atoms with Crippen molar-refractivity contribution in [1.82, 2.24) is 0 Å². The molecule has 0 aromatic carbocycles. The van der Waals surface area contributed by atoms with Crippen LogP contribution in [-0.2, 0) is 9.59 Å². The zero-order valence-electron chi connectivity index (χ0n) is 19.1. The molecular weight excluding hydrogens is 391 g/mol. The quantitative estimate of drug-likeness (QED) is 0.171. The summed E-state index contributed by atoms with van der Waals surface area (Å²) in [7, 11) is 0. The average molecular weight is 435 g/mol. The molecule has 5 heteroatoms. The van der Waals surface area contributed by atoms with Gasteiger partial charge in [-0.25, -0.2) is 0 Å². The van der Waals surface area contributed by atoms with Gasteiger partial charge >= 0.3 is 57.4 Å². The van der Waals surface area contributed by atoms with Crippen LogP contribution in [0, 0.1) is 5.92 Å². The standard InChI is InChI=1S/C24H44O4.K/c1-2-3-4-5-6-7-8-9-10-11-12-13-14-15-16-17-18-19-20-22(24(27)28)21-23(25)26;/h17-18,22H,2-16,19-21H2,1H3,(H,25,26)(H,27,28);/q;+1/p-1/b18-17+;. The van der Waals surface area contributed by atoms with Crippen molar-refractivity contribution in [3.05, 3.63) is 12.2 Å². The molecule has 29 heavy (non-hydrogen) atoms. The number of carboxylic acids is 2. The smallest absolute Gasteiger partial charge is 0.550 e. The van der Waals surface area contributed by atoms with Crippen LogP contribution in [0.3, 0.4) is 0 Å². The van der Waals surface area contributed by atoms with Gasteiger partial charge in [0.15, 0.2) is 0 Å². The van der Waals surface area contributed by atoms with E-state index >= 15 is 0 Å². The van der Waals surface area contributed by atoms with E-state index in [1.165, 1.54) is 89.9 Å². The maximum Gasteiger partial charge on any atom is 1.00 e. The molecule has 0 bridgehead atoms. The second-order valence-electron chi connectivity index (χ2n) is 8.04. The first-order valence-corrected chi connectivity index (χ1v) is 11.7. The van der Waals surface area contributed by atoms with Crippen molar-refractivity contribution in [3.8, 4) is 0 Å². The molecule has 1 N–H and O–H groups in total. The predicted molar refractivity (Wildman–Crippen MR) is 114 cm³/mol. The molecule has 0 aliphatic carbocycles. The van der Waals surface area contributed by atoms with E-state index in [1.807, 2.05) is 6.08 Å². The number of hydrogen-bond acceptors (Lipinski definition) is 3. The average Bonchev–Trinajstić information content (AvgIpc) is 2.65. The van der Waals surface area contributed by atoms with Gasteiger partial charge in [0.2, 0.25) is 0 Å². The van der Waals surface area contributed by atoms with Crippen LogP contribution in [0.1, 0.15) is 122 Å². The number of carbonyl (C=O) groups is 2. The molecule has 0 heterocycles. The Kier molecular flexibility index (Phi) is 26.7. The van der Waals surface area contributed by atoms with Gasteiger partial charge in [-0.3, -0.25) is 4.79 Å². The number of carboxylic acid groups (broad SMARTS) is 2. The molecule has 0 aliphatic heterocycles. The molecule has 0 aliphatic rings. The van der Waals surface area contributed by atoms with Crippen LogP contribution >= 0.6 is 0 Å². The fourth-order valence-corrected chi connectivity index (χ4v) is 3.50. The molecule has 0 fully saturated rings. The van der Waals surface area contributed by atoms with Crippen LogP contribution in [0.2, 0.25) is 0 Å². The zero-order chi connectivity index (χ0) is 20.9. The van der Waals surface area contributed by atoms with Crippen LogP contribution in [-0.4, -0.2) is 17.0 Å². The van der Waals surface area contributed by atoms with Crippen molar-refractivity contribution in [1.29, 1.82) is 0 Å². The van der Waals surface area contributed by atoms with Gasteiger partial charge in [0.25, 0.3) is 0 Å². The van der Waals surface area contributed by atoms with Gasteiger partial charge in [-0.15, -0.1) is 0 Å². The first kappa shape index (κ1) is 31.5. The van der Waals surface area contributed by atoms with Gasteiger partial charge in [0.05, 0.1) is 5.92 Å². The predicted octanol–water partition coefficient (Wildman–Crippen LogP) is 3.04. The molecular formula is C24H43KO4. The number of carbonyl (C=O) groups excluding carboxylic acids is 1. The topological polar surface area (TPSA) is 77.4 Å². The fourth-order valence-electron chi connectivity index (χ4n) is 3.50. The van der Waals surface area contributed by atoms with Gasteiger partial charge in [0.1, 0.15) is 0 Å². The van der Waals surface area contributed by atoms with E-state index in [2.05, 4.69) is 13.0 Å². The number of rotatable bonds is 21. The minimum Gasteiger partial charge on any atom is -0.550 e. The number of hydrogen-bond donors (Lipinski definition) is 1. The van der Waals surface area contributed by atoms with E-state index in [4.69, 9.17) is 5.11 Å². The van der Waals surface area contributed by atoms with E-state index in [0.29, 0.717) is 12.8 Å². The van der Waals surface area contributed by atoms with E-state index < -0.39 is 24.3 Å². The van der Waals surface area contributed by atoms with Crippen molar-refractivity contribution in [3.63, 3.8) is 0 Å². The Morgan fingerprint density at radius 2 is 1.17 bits per heavy atom. The number of allylic oxidation sites excluding steroid dienone is 2. The molecule has 1 unspecified atom stereocenters. The summed E-state index contributed by atoms with van der Waals surface area (Å²) < 4.78 is 0. The zero-order valence-corrected chi connectivity index (χ0v) is 22.3. The van der Waals surface area contributed by atoms with Gasteiger partial charge in [-0.05, 0) is 25.7 Å². The summed E-state index contributed by atoms with van der Waals surface area (Å²) in [6, 6.07) is 0. The second kappa shape index (κ2) is 24.6. The third-order valence-electron chi connectivity index (χ3n) is 5.34. The number of aliphatic carboxylic acids is 2. The third-order valence-corrected chi connectivity index (χ3v) is 5.34. The second-order valence-corrected chi connectivity index (χ2v) is 8.04. The summed E-state index contributed by atoms with van der Waals surface area (Å²) in [6.07, 6.45) is 24.7. The summed E-state index contributed by atoms with van der Waals surface area (Å²) in [6.45, 7) is 2.26. The van der Waals surface area contributed by atoms with Gasteiger partial charge in [0, 0.05) is 12.4 Å². The first-order chi connectivity index (χ1) is 13.6. The summed E-state index contributed by atoms with van der Waals surface area (Å²) in [5.74, 6) is -3.18. The van der Waals surface area contributed by atoms with Crippen LogP contribution in [0.5, 0.6) is 0 Å². The van der Waals surface area contributed by atoms with Crippen molar-refractivity contribution < 1.29 is 71.2 Å². The fraction of sp³-hybridized carbons (Fsp3) is 0.833. The summed E-state index contributed by atoms with van der Waals surface area (Å²) in [4.78, 5) is 21.4. The molecule has 0 amide bonds. The molecule has 0 rings (SSSR count). The monoisotopic (exact) mass is 434 g/mol. The summed E-state index contributed by atoms with van der Waals surface area (Å²) in [5.41, 5.74) is 0. The van der Waals surface area contributed by atoms with E-state index in [9.17, 15) is 14.7 Å². The third kappa shape index (κ3) is 24.5. The Balaban J connectivity index is 0. The van der Waals surface area contributed by atoms with Crippen LogP contribution < -0.4 is 56.5 Å². The van der Waals surface area contributed by atoms with Crippen molar-refractivity contribution in [2.75, 3.05) is 0 Å². The molecule has 0 radical (unpaired) electrons. The Hall–Kier alpha value is 0.316. The van der Waals surface area contributed by atoms with E-state index in [1.54, 1.807) is 0 Å². The molecule has 4 nitrogen and oxygen atoms in total. The summed E-state index contributed by atoms with van der Waals surface area (Å²) >= 11 is 0. The SMILES string of the molecule is CCCCCCCCCCCCCCCC/C=C/CCC(CC(=O)[O-])C(=O)O.[K+]. The van der Waals surface area contributed by atoms with Crippen LogP contribution in [0.15, 0.2) is 12.2 Å². The first-order valence-electron chi connectivity index (χ1n) is 11.7. The molecule has 0 saturated carbocycles. The van der Waals surface area contributed by atoms with E-state index in [-0.39, 0.29) is 51.4 Å². The molecule has 0 spiro atoms. The maximum absolute atomic E-state index is 10.9. The Morgan fingerprint density at radius 3 is 1.59 bits per heavy atom. The molecule has 164 valence electrons. The van der Waals surface area contributed by atoms with Crippen molar-refractivity contribution in [2.45, 2.75) is 122 Å². The minimum absolute atomic E-state index is 0. The normalized spacial score (nSPS) is 12.0. The Labute approximate surface area is 221 Å². The summed E-state index contributed by atoms with van der Waals surface area (Å²) in [5, 5.41) is 19.5. The number of unbranched alkanes of at least 4 members (excludes halogenated alkanes) is 14. The molecule has 0 aromatic rings. The van der Waals surface area contributed by atoms with Gasteiger partial charge in [-0.2, -0.15) is 0 Å². The van der Waals surface area contributed by atoms with E-state index in [0.717, 1.165) is 6.42 Å². The van der Waals surface area contributed by atoms with Crippen molar-refractivity contribution >= 4 is 11.9 Å². The minimum atomic E-state index is -1.29. The van der Waals surface area contributed by atoms with Crippen LogP contribution in [0.4, 0.5) is 0 Å². The van der Waals surface area contributed by atoms with Gasteiger partial charge in [-0.1, -0.05) is 103 Å². The Morgan fingerprint density at radius 1 is 0.759 bits per heavy atom.